The minimum atomic E-state index is -0.782. The number of hydrogen-bond acceptors (Lipinski definition) is 3. The number of carboxylic acids is 1. The molecule has 1 saturated carbocycles. The summed E-state index contributed by atoms with van der Waals surface area (Å²) in [6, 6.07) is 2.04. The van der Waals surface area contributed by atoms with Crippen molar-refractivity contribution in [2.45, 2.75) is 31.3 Å². The Morgan fingerprint density at radius 2 is 2.33 bits per heavy atom. The van der Waals surface area contributed by atoms with E-state index in [1.807, 2.05) is 11.4 Å². The van der Waals surface area contributed by atoms with Gasteiger partial charge in [-0.25, -0.2) is 0 Å². The Hall–Kier alpha value is -0.870. The topological polar surface area (TPSA) is 57.5 Å². The second-order valence-corrected chi connectivity index (χ2v) is 5.08. The lowest BCUT2D eigenvalue weighted by atomic mass is 9.68. The maximum absolute atomic E-state index is 10.6. The molecule has 82 valence electrons. The summed E-state index contributed by atoms with van der Waals surface area (Å²) in [5.74, 6) is -1.12. The maximum Gasteiger partial charge on any atom is 0.306 e. The van der Waals surface area contributed by atoms with E-state index in [0.29, 0.717) is 19.3 Å². The molecular formula is C11H14O3S. The Morgan fingerprint density at radius 1 is 1.60 bits per heavy atom. The standard InChI is InChI=1S/C11H14O3S/c12-10(13)9-5-11(14,6-9)3-1-8-2-4-15-7-8/h2,4,7,9,14H,1,3,5-6H2,(H,12,13). The first-order valence-corrected chi connectivity index (χ1v) is 6.00. The van der Waals surface area contributed by atoms with Crippen LogP contribution in [0.15, 0.2) is 16.8 Å². The zero-order valence-electron chi connectivity index (χ0n) is 8.35. The number of rotatable bonds is 4. The molecule has 15 heavy (non-hydrogen) atoms. The minimum Gasteiger partial charge on any atom is -0.481 e. The van der Waals surface area contributed by atoms with E-state index in [9.17, 15) is 9.90 Å². The Labute approximate surface area is 92.4 Å². The fraction of sp³-hybridized carbons (Fsp3) is 0.545. The molecule has 0 radical (unpaired) electrons. The number of thiophene rings is 1. The van der Waals surface area contributed by atoms with Crippen LogP contribution >= 0.6 is 11.3 Å². The first kappa shape index (κ1) is 10.6. The average molecular weight is 226 g/mol. The average Bonchev–Trinajstić information content (AvgIpc) is 2.62. The number of carbonyl (C=O) groups is 1. The molecule has 1 aromatic rings. The van der Waals surface area contributed by atoms with Gasteiger partial charge in [0.15, 0.2) is 0 Å². The maximum atomic E-state index is 10.6. The molecule has 1 aliphatic rings. The SMILES string of the molecule is O=C(O)C1CC(O)(CCc2ccsc2)C1. The van der Waals surface area contributed by atoms with Gasteiger partial charge in [0.25, 0.3) is 0 Å². The van der Waals surface area contributed by atoms with Crippen LogP contribution in [0.1, 0.15) is 24.8 Å². The van der Waals surface area contributed by atoms with Crippen molar-refractivity contribution in [2.75, 3.05) is 0 Å². The molecule has 0 bridgehead atoms. The van der Waals surface area contributed by atoms with Crippen LogP contribution in [0.4, 0.5) is 0 Å². The van der Waals surface area contributed by atoms with Gasteiger partial charge in [0.2, 0.25) is 0 Å². The van der Waals surface area contributed by atoms with E-state index in [1.165, 1.54) is 5.56 Å². The molecule has 0 aromatic carbocycles. The fourth-order valence-electron chi connectivity index (χ4n) is 2.05. The minimum absolute atomic E-state index is 0.336. The van der Waals surface area contributed by atoms with Gasteiger partial charge in [0.1, 0.15) is 0 Å². The van der Waals surface area contributed by atoms with Gasteiger partial charge in [-0.3, -0.25) is 4.79 Å². The fourth-order valence-corrected chi connectivity index (χ4v) is 2.75. The van der Waals surface area contributed by atoms with Gasteiger partial charge in [0.05, 0.1) is 11.5 Å². The van der Waals surface area contributed by atoms with Crippen molar-refractivity contribution >= 4 is 17.3 Å². The Bertz CT molecular complexity index is 339. The summed E-state index contributed by atoms with van der Waals surface area (Å²) in [6.07, 6.45) is 2.33. The van der Waals surface area contributed by atoms with E-state index in [2.05, 4.69) is 5.38 Å². The largest absolute Gasteiger partial charge is 0.481 e. The molecule has 0 unspecified atom stereocenters. The van der Waals surface area contributed by atoms with Crippen molar-refractivity contribution in [3.8, 4) is 0 Å². The van der Waals surface area contributed by atoms with Crippen molar-refractivity contribution in [3.63, 3.8) is 0 Å². The monoisotopic (exact) mass is 226 g/mol. The van der Waals surface area contributed by atoms with Gasteiger partial charge in [0, 0.05) is 0 Å². The van der Waals surface area contributed by atoms with Crippen LogP contribution in [-0.4, -0.2) is 21.8 Å². The van der Waals surface area contributed by atoms with Crippen LogP contribution in [0, 0.1) is 5.92 Å². The van der Waals surface area contributed by atoms with Crippen LogP contribution in [-0.2, 0) is 11.2 Å². The van der Waals surface area contributed by atoms with Crippen LogP contribution in [0.5, 0.6) is 0 Å². The van der Waals surface area contributed by atoms with Gasteiger partial charge in [-0.1, -0.05) is 0 Å². The van der Waals surface area contributed by atoms with Crippen molar-refractivity contribution in [1.29, 1.82) is 0 Å². The molecule has 0 atom stereocenters. The first-order chi connectivity index (χ1) is 7.09. The van der Waals surface area contributed by atoms with Gasteiger partial charge in [-0.05, 0) is 48.1 Å². The molecule has 3 nitrogen and oxygen atoms in total. The third-order valence-electron chi connectivity index (χ3n) is 3.06. The predicted octanol–water partition coefficient (Wildman–Crippen LogP) is 1.91. The molecule has 0 amide bonds. The number of hydrogen-bond donors (Lipinski definition) is 2. The lowest BCUT2D eigenvalue weighted by Crippen LogP contribution is -2.47. The van der Waals surface area contributed by atoms with E-state index in [-0.39, 0.29) is 5.92 Å². The van der Waals surface area contributed by atoms with Crippen LogP contribution in [0.3, 0.4) is 0 Å². The van der Waals surface area contributed by atoms with Crippen molar-refractivity contribution in [3.05, 3.63) is 22.4 Å². The predicted molar refractivity (Wildman–Crippen MR) is 57.9 cm³/mol. The van der Waals surface area contributed by atoms with Crippen LogP contribution < -0.4 is 0 Å². The summed E-state index contributed by atoms with van der Waals surface area (Å²) in [5.41, 5.74) is 0.498. The van der Waals surface area contributed by atoms with E-state index in [4.69, 9.17) is 5.11 Å². The normalized spacial score (nSPS) is 29.8. The zero-order chi connectivity index (χ0) is 10.9. The highest BCUT2D eigenvalue weighted by Crippen LogP contribution is 2.41. The van der Waals surface area contributed by atoms with Gasteiger partial charge in [-0.15, -0.1) is 0 Å². The second-order valence-electron chi connectivity index (χ2n) is 4.30. The smallest absolute Gasteiger partial charge is 0.306 e. The molecule has 0 aliphatic heterocycles. The van der Waals surface area contributed by atoms with Gasteiger partial charge >= 0.3 is 5.97 Å². The quantitative estimate of drug-likeness (QED) is 0.824. The highest BCUT2D eigenvalue weighted by molar-refractivity contribution is 7.07. The molecule has 0 saturated heterocycles. The summed E-state index contributed by atoms with van der Waals surface area (Å²) in [6.45, 7) is 0. The summed E-state index contributed by atoms with van der Waals surface area (Å²) in [7, 11) is 0. The Kier molecular flexibility index (Phi) is 2.80. The first-order valence-electron chi connectivity index (χ1n) is 5.05. The molecule has 1 aliphatic carbocycles. The third-order valence-corrected chi connectivity index (χ3v) is 3.79. The van der Waals surface area contributed by atoms with E-state index < -0.39 is 11.6 Å². The van der Waals surface area contributed by atoms with Crippen molar-refractivity contribution in [2.24, 2.45) is 5.92 Å². The summed E-state index contributed by atoms with van der Waals surface area (Å²) >= 11 is 1.65. The second kappa shape index (κ2) is 3.94. The molecule has 4 heteroatoms. The van der Waals surface area contributed by atoms with Crippen LogP contribution in [0.2, 0.25) is 0 Å². The van der Waals surface area contributed by atoms with Crippen LogP contribution in [0.25, 0.3) is 0 Å². The van der Waals surface area contributed by atoms with E-state index >= 15 is 0 Å². The molecule has 1 fully saturated rings. The number of aliphatic carboxylic acids is 1. The Balaban J connectivity index is 1.79. The molecule has 2 N–H and O–H groups in total. The highest BCUT2D eigenvalue weighted by Gasteiger charge is 2.45. The number of carboxylic acid groups (broad SMARTS) is 1. The highest BCUT2D eigenvalue weighted by atomic mass is 32.1. The van der Waals surface area contributed by atoms with Crippen molar-refractivity contribution < 1.29 is 15.0 Å². The molecule has 2 rings (SSSR count). The summed E-state index contributed by atoms with van der Waals surface area (Å²) < 4.78 is 0. The van der Waals surface area contributed by atoms with E-state index in [1.54, 1.807) is 11.3 Å². The molecule has 1 aromatic heterocycles. The molecule has 1 heterocycles. The summed E-state index contributed by atoms with van der Waals surface area (Å²) in [4.78, 5) is 10.6. The molecular weight excluding hydrogens is 212 g/mol. The number of aryl methyl sites for hydroxylation is 1. The molecule has 0 spiro atoms. The lowest BCUT2D eigenvalue weighted by molar-refractivity contribution is -0.158. The number of aliphatic hydroxyl groups is 1. The lowest BCUT2D eigenvalue weighted by Gasteiger charge is -2.41. The summed E-state index contributed by atoms with van der Waals surface area (Å²) in [5, 5.41) is 22.8. The third kappa shape index (κ3) is 2.38. The van der Waals surface area contributed by atoms with Gasteiger partial charge in [-0.2, -0.15) is 11.3 Å². The van der Waals surface area contributed by atoms with Crippen molar-refractivity contribution in [1.82, 2.24) is 0 Å². The zero-order valence-corrected chi connectivity index (χ0v) is 9.17. The van der Waals surface area contributed by atoms with Gasteiger partial charge < -0.3 is 10.2 Å². The Morgan fingerprint density at radius 3 is 2.87 bits per heavy atom. The van der Waals surface area contributed by atoms with E-state index in [0.717, 1.165) is 6.42 Å².